The molecule has 2 fully saturated rings. The van der Waals surface area contributed by atoms with Crippen molar-refractivity contribution >= 4 is 25.5 Å². The highest BCUT2D eigenvalue weighted by atomic mass is 32.2. The Morgan fingerprint density at radius 1 is 1.00 bits per heavy atom. The molecule has 0 bridgehead atoms. The van der Waals surface area contributed by atoms with E-state index in [1.807, 2.05) is 0 Å². The lowest BCUT2D eigenvalue weighted by molar-refractivity contribution is 0.125. The van der Waals surface area contributed by atoms with Crippen LogP contribution < -0.4 is 19.5 Å². The van der Waals surface area contributed by atoms with Crippen molar-refractivity contribution < 1.29 is 36.2 Å². The topological polar surface area (TPSA) is 140 Å². The highest BCUT2D eigenvalue weighted by Gasteiger charge is 2.48. The lowest BCUT2D eigenvalue weighted by Gasteiger charge is -2.22. The number of rotatable bonds is 7. The summed E-state index contributed by atoms with van der Waals surface area (Å²) in [5, 5.41) is 13.1. The molecular weight excluding hydrogens is 472 g/mol. The largest absolute Gasteiger partial charge is 0.454 e. The van der Waals surface area contributed by atoms with Crippen LogP contribution in [0.25, 0.3) is 0 Å². The number of fused-ring (bicyclic) bond motifs is 1. The second-order valence-electron chi connectivity index (χ2n) is 8.54. The maximum absolute atomic E-state index is 13.6. The Labute approximate surface area is 191 Å². The fourth-order valence-corrected chi connectivity index (χ4v) is 6.40. The first-order chi connectivity index (χ1) is 15.6. The summed E-state index contributed by atoms with van der Waals surface area (Å²) in [6, 6.07) is 8.65. The number of sulfone groups is 1. The maximum Gasteiger partial charge on any atom is 0.243 e. The van der Waals surface area contributed by atoms with Gasteiger partial charge < -0.3 is 24.6 Å². The minimum absolute atomic E-state index is 0.113. The molecule has 5 rings (SSSR count). The van der Waals surface area contributed by atoms with Gasteiger partial charge in [-0.1, -0.05) is 6.07 Å². The molecule has 2 aliphatic heterocycles. The van der Waals surface area contributed by atoms with Crippen molar-refractivity contribution in [3.8, 4) is 11.5 Å². The van der Waals surface area contributed by atoms with Crippen LogP contribution in [0.2, 0.25) is 0 Å². The molecule has 0 radical (unpaired) electrons. The lowest BCUT2D eigenvalue weighted by Crippen LogP contribution is -2.36. The van der Waals surface area contributed by atoms with E-state index in [1.54, 1.807) is 18.2 Å². The summed E-state index contributed by atoms with van der Waals surface area (Å²) in [6.07, 6.45) is 1.36. The van der Waals surface area contributed by atoms with Crippen LogP contribution in [0.1, 0.15) is 18.4 Å². The third-order valence-electron chi connectivity index (χ3n) is 6.07. The van der Waals surface area contributed by atoms with Gasteiger partial charge in [-0.3, -0.25) is 0 Å². The summed E-state index contributed by atoms with van der Waals surface area (Å²) >= 11 is 0. The van der Waals surface area contributed by atoms with Crippen molar-refractivity contribution in [2.24, 2.45) is 0 Å². The summed E-state index contributed by atoms with van der Waals surface area (Å²) < 4.78 is 70.1. The minimum Gasteiger partial charge on any atom is -0.454 e. The van der Waals surface area contributed by atoms with Crippen molar-refractivity contribution in [3.05, 3.63) is 42.0 Å². The van der Waals surface area contributed by atoms with E-state index in [-0.39, 0.29) is 35.5 Å². The van der Waals surface area contributed by atoms with Gasteiger partial charge in [0.1, 0.15) is 4.90 Å². The molecule has 2 aromatic carbocycles. The number of aliphatic hydroxyl groups excluding tert-OH is 1. The molecule has 1 saturated heterocycles. The fourth-order valence-electron chi connectivity index (χ4n) is 4.04. The predicted molar refractivity (Wildman–Crippen MR) is 118 cm³/mol. The maximum atomic E-state index is 13.6. The zero-order valence-corrected chi connectivity index (χ0v) is 19.4. The first-order valence-corrected chi connectivity index (χ1v) is 13.8. The third kappa shape index (κ3) is 4.28. The number of hydrogen-bond donors (Lipinski definition) is 3. The Kier molecular flexibility index (Phi) is 5.33. The van der Waals surface area contributed by atoms with Gasteiger partial charge >= 0.3 is 0 Å². The van der Waals surface area contributed by atoms with Crippen LogP contribution in [0.15, 0.2) is 46.2 Å². The number of ether oxygens (including phenoxy) is 3. The van der Waals surface area contributed by atoms with Crippen LogP contribution >= 0.6 is 0 Å². The van der Waals surface area contributed by atoms with Crippen molar-refractivity contribution in [2.45, 2.75) is 40.3 Å². The van der Waals surface area contributed by atoms with Crippen molar-refractivity contribution in [1.82, 2.24) is 4.72 Å². The van der Waals surface area contributed by atoms with Gasteiger partial charge in [0.05, 0.1) is 41.5 Å². The first-order valence-electron chi connectivity index (χ1n) is 10.4. The normalized spacial score (nSPS) is 23.5. The van der Waals surface area contributed by atoms with E-state index >= 15 is 0 Å². The van der Waals surface area contributed by atoms with Crippen LogP contribution in [-0.4, -0.2) is 60.4 Å². The van der Waals surface area contributed by atoms with E-state index in [2.05, 4.69) is 10.0 Å². The smallest absolute Gasteiger partial charge is 0.243 e. The quantitative estimate of drug-likeness (QED) is 0.511. The van der Waals surface area contributed by atoms with Crippen molar-refractivity contribution in [3.63, 3.8) is 0 Å². The standard InChI is InChI=1S/C21H24N2O8S2/c1-32(25,26)14-3-4-15(22-16-10-29-11-17(16)24)20(9-14)33(27,28)23-21(6-7-21)13-2-5-18-19(8-13)31-12-30-18/h2-5,8-9,16-17,22-24H,6-7,10-12H2,1H3/t16-,17+/m1/s1. The molecule has 1 saturated carbocycles. The number of sulfonamides is 1. The molecule has 12 heteroatoms. The van der Waals surface area contributed by atoms with E-state index < -0.39 is 37.5 Å². The molecule has 0 amide bonds. The van der Waals surface area contributed by atoms with Gasteiger partial charge in [0.25, 0.3) is 0 Å². The highest BCUT2D eigenvalue weighted by Crippen LogP contribution is 2.49. The molecule has 33 heavy (non-hydrogen) atoms. The van der Waals surface area contributed by atoms with Gasteiger partial charge in [0.2, 0.25) is 16.8 Å². The minimum atomic E-state index is -4.16. The van der Waals surface area contributed by atoms with Crippen LogP contribution in [0.5, 0.6) is 11.5 Å². The molecule has 0 unspecified atom stereocenters. The fraction of sp³-hybridized carbons (Fsp3) is 0.429. The summed E-state index contributed by atoms with van der Waals surface area (Å²) in [4.78, 5) is -0.332. The number of aliphatic hydroxyl groups is 1. The van der Waals surface area contributed by atoms with E-state index in [1.165, 1.54) is 12.1 Å². The van der Waals surface area contributed by atoms with E-state index in [0.29, 0.717) is 24.3 Å². The highest BCUT2D eigenvalue weighted by molar-refractivity contribution is 7.91. The molecule has 2 aromatic rings. The number of nitrogens with one attached hydrogen (secondary N) is 2. The number of benzene rings is 2. The molecule has 2 heterocycles. The molecule has 2 atom stereocenters. The molecule has 178 valence electrons. The van der Waals surface area contributed by atoms with Crippen LogP contribution in [0.4, 0.5) is 5.69 Å². The molecular formula is C21H24N2O8S2. The average Bonchev–Trinajstić information content (AvgIpc) is 3.17. The van der Waals surface area contributed by atoms with Crippen LogP contribution in [0, 0.1) is 0 Å². The van der Waals surface area contributed by atoms with Gasteiger partial charge in [-0.2, -0.15) is 0 Å². The molecule has 0 aromatic heterocycles. The second kappa shape index (κ2) is 7.84. The molecule has 3 N–H and O–H groups in total. The Hall–Kier alpha value is -2.38. The van der Waals surface area contributed by atoms with Crippen molar-refractivity contribution in [2.75, 3.05) is 31.6 Å². The van der Waals surface area contributed by atoms with Gasteiger partial charge in [-0.05, 0) is 48.7 Å². The molecule has 0 spiro atoms. The SMILES string of the molecule is CS(=O)(=O)c1ccc(N[C@@H]2COC[C@@H]2O)c(S(=O)(=O)NC2(c3ccc4c(c3)OCO4)CC2)c1. The average molecular weight is 497 g/mol. The molecule has 3 aliphatic rings. The second-order valence-corrected chi connectivity index (χ2v) is 12.2. The van der Waals surface area contributed by atoms with E-state index in [4.69, 9.17) is 14.2 Å². The Morgan fingerprint density at radius 3 is 2.42 bits per heavy atom. The van der Waals surface area contributed by atoms with Gasteiger partial charge in [-0.25, -0.2) is 21.6 Å². The van der Waals surface area contributed by atoms with Crippen molar-refractivity contribution in [1.29, 1.82) is 0 Å². The zero-order chi connectivity index (χ0) is 23.4. The van der Waals surface area contributed by atoms with Gasteiger partial charge in [-0.15, -0.1) is 0 Å². The van der Waals surface area contributed by atoms with E-state index in [0.717, 1.165) is 17.9 Å². The lowest BCUT2D eigenvalue weighted by atomic mass is 10.1. The molecule has 1 aliphatic carbocycles. The summed E-state index contributed by atoms with van der Waals surface area (Å²) in [5.74, 6) is 1.15. The van der Waals surface area contributed by atoms with Gasteiger partial charge in [0.15, 0.2) is 21.3 Å². The number of hydrogen-bond acceptors (Lipinski definition) is 9. The van der Waals surface area contributed by atoms with Crippen LogP contribution in [-0.2, 0) is 30.1 Å². The monoisotopic (exact) mass is 496 g/mol. The first kappa shape index (κ1) is 22.4. The Balaban J connectivity index is 1.51. The number of anilines is 1. The third-order valence-corrected chi connectivity index (χ3v) is 8.75. The Morgan fingerprint density at radius 2 is 1.76 bits per heavy atom. The summed E-state index contributed by atoms with van der Waals surface area (Å²) in [6.45, 7) is 0.442. The van der Waals surface area contributed by atoms with Crippen LogP contribution in [0.3, 0.4) is 0 Å². The zero-order valence-electron chi connectivity index (χ0n) is 17.8. The summed E-state index contributed by atoms with van der Waals surface area (Å²) in [5.41, 5.74) is 0.100. The predicted octanol–water partition coefficient (Wildman–Crippen LogP) is 0.958. The molecule has 10 nitrogen and oxygen atoms in total. The Bertz CT molecular complexity index is 1310. The van der Waals surface area contributed by atoms with E-state index in [9.17, 15) is 21.9 Å². The summed E-state index contributed by atoms with van der Waals surface area (Å²) in [7, 11) is -7.81. The van der Waals surface area contributed by atoms with Gasteiger partial charge in [0, 0.05) is 6.26 Å².